The smallest absolute Gasteiger partial charge is 0.228 e. The molecular formula is C11H14ClN3O. The van der Waals surface area contributed by atoms with Gasteiger partial charge in [-0.3, -0.25) is 9.69 Å². The number of carbonyl (C=O) groups is 1. The van der Waals surface area contributed by atoms with Gasteiger partial charge in [0.2, 0.25) is 5.91 Å². The van der Waals surface area contributed by atoms with Crippen molar-refractivity contribution in [3.63, 3.8) is 0 Å². The maximum Gasteiger partial charge on any atom is 0.228 e. The molecule has 0 radical (unpaired) electrons. The van der Waals surface area contributed by atoms with Gasteiger partial charge in [-0.05, 0) is 24.5 Å². The number of hydrogen-bond acceptors (Lipinski definition) is 3. The van der Waals surface area contributed by atoms with E-state index in [9.17, 15) is 4.79 Å². The molecule has 2 rings (SSSR count). The van der Waals surface area contributed by atoms with Crippen molar-refractivity contribution < 1.29 is 4.79 Å². The molecule has 1 aliphatic rings. The number of aromatic nitrogens is 2. The maximum atomic E-state index is 11.8. The highest BCUT2D eigenvalue weighted by Gasteiger charge is 2.34. The second-order valence-electron chi connectivity index (χ2n) is 4.33. The summed E-state index contributed by atoms with van der Waals surface area (Å²) < 4.78 is 0. The average molecular weight is 240 g/mol. The number of amides is 1. The lowest BCUT2D eigenvalue weighted by atomic mass is 10.0. The molecule has 0 aromatic carbocycles. The van der Waals surface area contributed by atoms with Crippen molar-refractivity contribution in [1.82, 2.24) is 10.2 Å². The summed E-state index contributed by atoms with van der Waals surface area (Å²) in [6.45, 7) is 4.22. The molecule has 1 aromatic heterocycles. The van der Waals surface area contributed by atoms with Gasteiger partial charge in [-0.1, -0.05) is 25.4 Å². The summed E-state index contributed by atoms with van der Waals surface area (Å²) in [5.74, 6) is 1.14. The Labute approximate surface area is 99.6 Å². The van der Waals surface area contributed by atoms with Crippen molar-refractivity contribution in [1.29, 1.82) is 0 Å². The van der Waals surface area contributed by atoms with E-state index in [4.69, 9.17) is 11.6 Å². The fourth-order valence-corrected chi connectivity index (χ4v) is 2.17. The molecule has 1 fully saturated rings. The number of hydrogen-bond donors (Lipinski definition) is 0. The number of nitrogens with zero attached hydrogens (tertiary/aromatic N) is 3. The Kier molecular flexibility index (Phi) is 3.10. The van der Waals surface area contributed by atoms with Crippen LogP contribution in [0.2, 0.25) is 5.15 Å². The van der Waals surface area contributed by atoms with Gasteiger partial charge in [0.25, 0.3) is 0 Å². The SMILES string of the molecule is CC(C)[C@H]1CCC(=O)N1c1ccc(Cl)nn1. The molecule has 4 nitrogen and oxygen atoms in total. The normalized spacial score (nSPS) is 20.9. The summed E-state index contributed by atoms with van der Waals surface area (Å²) in [6, 6.07) is 3.63. The Bertz CT molecular complexity index is 391. The van der Waals surface area contributed by atoms with Gasteiger partial charge in [0.15, 0.2) is 11.0 Å². The molecule has 0 N–H and O–H groups in total. The van der Waals surface area contributed by atoms with Gasteiger partial charge in [-0.25, -0.2) is 0 Å². The lowest BCUT2D eigenvalue weighted by Crippen LogP contribution is -2.37. The van der Waals surface area contributed by atoms with Crippen LogP contribution in [0.4, 0.5) is 5.82 Å². The highest BCUT2D eigenvalue weighted by molar-refractivity contribution is 6.29. The topological polar surface area (TPSA) is 46.1 Å². The summed E-state index contributed by atoms with van der Waals surface area (Å²) in [5.41, 5.74) is 0. The van der Waals surface area contributed by atoms with Crippen LogP contribution in [0.15, 0.2) is 12.1 Å². The van der Waals surface area contributed by atoms with Gasteiger partial charge >= 0.3 is 0 Å². The highest BCUT2D eigenvalue weighted by Crippen LogP contribution is 2.29. The van der Waals surface area contributed by atoms with Crippen LogP contribution in [-0.4, -0.2) is 22.1 Å². The predicted molar refractivity (Wildman–Crippen MR) is 62.4 cm³/mol. The van der Waals surface area contributed by atoms with E-state index >= 15 is 0 Å². The van der Waals surface area contributed by atoms with Crippen molar-refractivity contribution in [2.75, 3.05) is 4.90 Å². The second-order valence-corrected chi connectivity index (χ2v) is 4.72. The summed E-state index contributed by atoms with van der Waals surface area (Å²) in [4.78, 5) is 13.5. The summed E-state index contributed by atoms with van der Waals surface area (Å²) in [6.07, 6.45) is 1.48. The first-order chi connectivity index (χ1) is 7.59. The van der Waals surface area contributed by atoms with Gasteiger partial charge in [0.05, 0.1) is 0 Å². The molecule has 1 aromatic rings. The Morgan fingerprint density at radius 2 is 2.19 bits per heavy atom. The molecule has 0 aliphatic carbocycles. The van der Waals surface area contributed by atoms with Crippen molar-refractivity contribution >= 4 is 23.3 Å². The molecule has 86 valence electrons. The van der Waals surface area contributed by atoms with Crippen molar-refractivity contribution in [3.8, 4) is 0 Å². The minimum atomic E-state index is 0.121. The van der Waals surface area contributed by atoms with Crippen molar-refractivity contribution in [3.05, 3.63) is 17.3 Å². The van der Waals surface area contributed by atoms with Gasteiger partial charge in [-0.15, -0.1) is 10.2 Å². The number of anilines is 1. The van der Waals surface area contributed by atoms with E-state index in [1.165, 1.54) is 0 Å². The lowest BCUT2D eigenvalue weighted by Gasteiger charge is -2.26. The van der Waals surface area contributed by atoms with Gasteiger partial charge in [-0.2, -0.15) is 0 Å². The molecule has 16 heavy (non-hydrogen) atoms. The average Bonchev–Trinajstić information content (AvgIpc) is 2.62. The predicted octanol–water partition coefficient (Wildman–Crippen LogP) is 2.28. The summed E-state index contributed by atoms with van der Waals surface area (Å²) >= 11 is 5.68. The zero-order chi connectivity index (χ0) is 11.7. The molecule has 1 atom stereocenters. The third-order valence-electron chi connectivity index (χ3n) is 2.89. The largest absolute Gasteiger partial charge is 0.292 e. The van der Waals surface area contributed by atoms with E-state index in [-0.39, 0.29) is 11.9 Å². The monoisotopic (exact) mass is 239 g/mol. The first-order valence-electron chi connectivity index (χ1n) is 5.41. The van der Waals surface area contributed by atoms with Crippen LogP contribution < -0.4 is 4.90 Å². The minimum Gasteiger partial charge on any atom is -0.292 e. The first kappa shape index (κ1) is 11.3. The molecule has 0 bridgehead atoms. The molecular weight excluding hydrogens is 226 g/mol. The number of halogens is 1. The van der Waals surface area contributed by atoms with Gasteiger partial charge < -0.3 is 0 Å². The lowest BCUT2D eigenvalue weighted by molar-refractivity contribution is -0.117. The van der Waals surface area contributed by atoms with E-state index in [1.54, 1.807) is 17.0 Å². The van der Waals surface area contributed by atoms with Crippen molar-refractivity contribution in [2.45, 2.75) is 32.7 Å². The second kappa shape index (κ2) is 4.37. The molecule has 0 saturated carbocycles. The molecule has 5 heteroatoms. The Morgan fingerprint density at radius 1 is 1.44 bits per heavy atom. The standard InChI is InChI=1S/C11H14ClN3O/c1-7(2)8-3-6-11(16)15(8)10-5-4-9(12)13-14-10/h4-5,7-8H,3,6H2,1-2H3/t8-/m1/s1. The van der Waals surface area contributed by atoms with Gasteiger partial charge in [0, 0.05) is 12.5 Å². The van der Waals surface area contributed by atoms with Crippen LogP contribution in [0.25, 0.3) is 0 Å². The molecule has 0 unspecified atom stereocenters. The third kappa shape index (κ3) is 2.02. The number of carbonyl (C=O) groups excluding carboxylic acids is 1. The highest BCUT2D eigenvalue weighted by atomic mass is 35.5. The fraction of sp³-hybridized carbons (Fsp3) is 0.545. The molecule has 1 aliphatic heterocycles. The first-order valence-corrected chi connectivity index (χ1v) is 5.78. The summed E-state index contributed by atoms with van der Waals surface area (Å²) in [5, 5.41) is 8.08. The van der Waals surface area contributed by atoms with E-state index < -0.39 is 0 Å². The van der Waals surface area contributed by atoms with Crippen LogP contribution in [0.3, 0.4) is 0 Å². The zero-order valence-corrected chi connectivity index (χ0v) is 10.1. The fourth-order valence-electron chi connectivity index (χ4n) is 2.07. The van der Waals surface area contributed by atoms with E-state index in [0.29, 0.717) is 23.3 Å². The van der Waals surface area contributed by atoms with Crippen LogP contribution >= 0.6 is 11.6 Å². The Morgan fingerprint density at radius 3 is 2.75 bits per heavy atom. The van der Waals surface area contributed by atoms with Crippen LogP contribution in [0.5, 0.6) is 0 Å². The van der Waals surface area contributed by atoms with Gasteiger partial charge in [0.1, 0.15) is 0 Å². The van der Waals surface area contributed by atoms with E-state index in [0.717, 1.165) is 6.42 Å². The third-order valence-corrected chi connectivity index (χ3v) is 3.09. The molecule has 1 saturated heterocycles. The Balaban J connectivity index is 2.30. The summed E-state index contributed by atoms with van der Waals surface area (Å²) in [7, 11) is 0. The molecule has 1 amide bonds. The number of rotatable bonds is 2. The van der Waals surface area contributed by atoms with E-state index in [1.807, 2.05) is 0 Å². The quantitative estimate of drug-likeness (QED) is 0.796. The molecule has 2 heterocycles. The Hall–Kier alpha value is -1.16. The van der Waals surface area contributed by atoms with Crippen LogP contribution in [0, 0.1) is 5.92 Å². The van der Waals surface area contributed by atoms with Crippen molar-refractivity contribution in [2.24, 2.45) is 5.92 Å². The molecule has 0 spiro atoms. The minimum absolute atomic E-state index is 0.121. The van der Waals surface area contributed by atoms with Crippen LogP contribution in [-0.2, 0) is 4.79 Å². The zero-order valence-electron chi connectivity index (χ0n) is 9.35. The van der Waals surface area contributed by atoms with Crippen LogP contribution in [0.1, 0.15) is 26.7 Å². The maximum absolute atomic E-state index is 11.8. The van der Waals surface area contributed by atoms with E-state index in [2.05, 4.69) is 24.0 Å².